The standard InChI is InChI=1S/C11H16N2O2/c1-4-12(3)9(2)10-7-5-6-8-11(10)13(14)15/h5-9H,4H2,1-3H3/t9-/m1/s1. The number of hydrogen-bond donors (Lipinski definition) is 0. The molecule has 0 bridgehead atoms. The van der Waals surface area contributed by atoms with E-state index >= 15 is 0 Å². The van der Waals surface area contributed by atoms with Crippen molar-refractivity contribution < 1.29 is 4.92 Å². The Bertz CT molecular complexity index is 352. The first kappa shape index (κ1) is 11.7. The van der Waals surface area contributed by atoms with Crippen molar-refractivity contribution in [2.75, 3.05) is 13.6 Å². The Morgan fingerprint density at radius 3 is 2.60 bits per heavy atom. The lowest BCUT2D eigenvalue weighted by Gasteiger charge is -2.22. The summed E-state index contributed by atoms with van der Waals surface area (Å²) in [6.07, 6.45) is 0. The molecule has 0 N–H and O–H groups in total. The summed E-state index contributed by atoms with van der Waals surface area (Å²) in [5, 5.41) is 10.8. The zero-order valence-corrected chi connectivity index (χ0v) is 9.30. The second-order valence-electron chi connectivity index (χ2n) is 3.57. The van der Waals surface area contributed by atoms with Gasteiger partial charge in [0.15, 0.2) is 0 Å². The van der Waals surface area contributed by atoms with Crippen LogP contribution in [0.5, 0.6) is 0 Å². The van der Waals surface area contributed by atoms with Gasteiger partial charge >= 0.3 is 0 Å². The van der Waals surface area contributed by atoms with Crippen molar-refractivity contribution in [2.45, 2.75) is 19.9 Å². The minimum atomic E-state index is -0.324. The zero-order valence-electron chi connectivity index (χ0n) is 9.30. The van der Waals surface area contributed by atoms with Crippen molar-refractivity contribution >= 4 is 5.69 Å². The van der Waals surface area contributed by atoms with Crippen LogP contribution in [0.25, 0.3) is 0 Å². The fourth-order valence-electron chi connectivity index (χ4n) is 1.52. The van der Waals surface area contributed by atoms with Gasteiger partial charge in [-0.1, -0.05) is 25.1 Å². The summed E-state index contributed by atoms with van der Waals surface area (Å²) in [7, 11) is 1.96. The molecule has 0 aliphatic carbocycles. The minimum Gasteiger partial charge on any atom is -0.300 e. The molecule has 0 amide bonds. The highest BCUT2D eigenvalue weighted by atomic mass is 16.6. The van der Waals surface area contributed by atoms with E-state index in [4.69, 9.17) is 0 Å². The van der Waals surface area contributed by atoms with Crippen molar-refractivity contribution in [3.63, 3.8) is 0 Å². The predicted molar refractivity (Wildman–Crippen MR) is 59.8 cm³/mol. The first-order valence-corrected chi connectivity index (χ1v) is 5.01. The number of rotatable bonds is 4. The number of hydrogen-bond acceptors (Lipinski definition) is 3. The molecular formula is C11H16N2O2. The van der Waals surface area contributed by atoms with E-state index in [0.717, 1.165) is 12.1 Å². The van der Waals surface area contributed by atoms with Gasteiger partial charge in [0.05, 0.1) is 4.92 Å². The molecule has 1 aromatic rings. The Kier molecular flexibility index (Phi) is 3.80. The number of nitro groups is 1. The fraction of sp³-hybridized carbons (Fsp3) is 0.455. The van der Waals surface area contributed by atoms with Gasteiger partial charge in [-0.2, -0.15) is 0 Å². The average molecular weight is 208 g/mol. The normalized spacial score (nSPS) is 12.8. The Hall–Kier alpha value is -1.42. The van der Waals surface area contributed by atoms with E-state index in [-0.39, 0.29) is 16.7 Å². The summed E-state index contributed by atoms with van der Waals surface area (Å²) in [6, 6.07) is 6.96. The molecule has 0 spiro atoms. The summed E-state index contributed by atoms with van der Waals surface area (Å²) < 4.78 is 0. The molecule has 0 fully saturated rings. The molecule has 0 saturated heterocycles. The third kappa shape index (κ3) is 2.53. The number of benzene rings is 1. The largest absolute Gasteiger partial charge is 0.300 e. The fourth-order valence-corrected chi connectivity index (χ4v) is 1.52. The first-order valence-electron chi connectivity index (χ1n) is 5.01. The molecule has 0 aliphatic rings. The lowest BCUT2D eigenvalue weighted by molar-refractivity contribution is -0.385. The van der Waals surface area contributed by atoms with Crippen LogP contribution in [-0.2, 0) is 0 Å². The van der Waals surface area contributed by atoms with Crippen LogP contribution in [0.3, 0.4) is 0 Å². The third-order valence-electron chi connectivity index (χ3n) is 2.74. The summed E-state index contributed by atoms with van der Waals surface area (Å²) >= 11 is 0. The zero-order chi connectivity index (χ0) is 11.4. The van der Waals surface area contributed by atoms with Crippen LogP contribution >= 0.6 is 0 Å². The molecule has 0 unspecified atom stereocenters. The van der Waals surface area contributed by atoms with Gasteiger partial charge < -0.3 is 0 Å². The topological polar surface area (TPSA) is 46.4 Å². The molecule has 15 heavy (non-hydrogen) atoms. The third-order valence-corrected chi connectivity index (χ3v) is 2.74. The Labute approximate surface area is 89.7 Å². The summed E-state index contributed by atoms with van der Waals surface area (Å²) in [5.41, 5.74) is 0.970. The van der Waals surface area contributed by atoms with Crippen LogP contribution in [0.2, 0.25) is 0 Å². The van der Waals surface area contributed by atoms with Crippen molar-refractivity contribution in [1.29, 1.82) is 0 Å². The maximum atomic E-state index is 10.8. The van der Waals surface area contributed by atoms with Gasteiger partial charge in [0.25, 0.3) is 5.69 Å². The van der Waals surface area contributed by atoms with Gasteiger partial charge in [0.2, 0.25) is 0 Å². The van der Waals surface area contributed by atoms with Crippen molar-refractivity contribution in [2.24, 2.45) is 0 Å². The number of para-hydroxylation sites is 1. The number of nitrogens with zero attached hydrogens (tertiary/aromatic N) is 2. The molecule has 1 aromatic carbocycles. The first-order chi connectivity index (χ1) is 7.07. The highest BCUT2D eigenvalue weighted by molar-refractivity contribution is 5.41. The maximum Gasteiger partial charge on any atom is 0.274 e. The van der Waals surface area contributed by atoms with Crippen molar-refractivity contribution in [1.82, 2.24) is 4.90 Å². The highest BCUT2D eigenvalue weighted by Crippen LogP contribution is 2.27. The lowest BCUT2D eigenvalue weighted by Crippen LogP contribution is -2.22. The molecule has 4 heteroatoms. The van der Waals surface area contributed by atoms with Crippen LogP contribution in [0, 0.1) is 10.1 Å². The molecule has 0 radical (unpaired) electrons. The molecule has 1 atom stereocenters. The molecule has 1 rings (SSSR count). The Morgan fingerprint density at radius 1 is 1.47 bits per heavy atom. The summed E-state index contributed by atoms with van der Waals surface area (Å²) in [5.74, 6) is 0. The SMILES string of the molecule is CCN(C)[C@H](C)c1ccccc1[N+](=O)[O-]. The second-order valence-corrected chi connectivity index (χ2v) is 3.57. The van der Waals surface area contributed by atoms with Crippen LogP contribution in [-0.4, -0.2) is 23.4 Å². The molecule has 0 saturated carbocycles. The molecule has 82 valence electrons. The van der Waals surface area contributed by atoms with E-state index in [1.807, 2.05) is 33.0 Å². The van der Waals surface area contributed by atoms with E-state index in [2.05, 4.69) is 4.90 Å². The van der Waals surface area contributed by atoms with E-state index < -0.39 is 0 Å². The van der Waals surface area contributed by atoms with Crippen LogP contribution in [0.15, 0.2) is 24.3 Å². The van der Waals surface area contributed by atoms with Gasteiger partial charge in [-0.05, 0) is 20.5 Å². The van der Waals surface area contributed by atoms with Crippen LogP contribution < -0.4 is 0 Å². The smallest absolute Gasteiger partial charge is 0.274 e. The van der Waals surface area contributed by atoms with Gasteiger partial charge in [-0.25, -0.2) is 0 Å². The Balaban J connectivity index is 3.07. The van der Waals surface area contributed by atoms with Gasteiger partial charge in [0.1, 0.15) is 0 Å². The number of nitro benzene ring substituents is 1. The van der Waals surface area contributed by atoms with E-state index in [0.29, 0.717) is 0 Å². The van der Waals surface area contributed by atoms with Gasteiger partial charge in [0, 0.05) is 17.7 Å². The average Bonchev–Trinajstić information content (AvgIpc) is 2.27. The Morgan fingerprint density at radius 2 is 2.07 bits per heavy atom. The maximum absolute atomic E-state index is 10.8. The molecule has 0 aromatic heterocycles. The van der Waals surface area contributed by atoms with Crippen LogP contribution in [0.4, 0.5) is 5.69 Å². The second kappa shape index (κ2) is 4.89. The summed E-state index contributed by atoms with van der Waals surface area (Å²) in [6.45, 7) is 4.88. The van der Waals surface area contributed by atoms with E-state index in [1.54, 1.807) is 12.1 Å². The minimum absolute atomic E-state index is 0.0663. The van der Waals surface area contributed by atoms with E-state index in [1.165, 1.54) is 0 Å². The van der Waals surface area contributed by atoms with Crippen LogP contribution in [0.1, 0.15) is 25.5 Å². The molecular weight excluding hydrogens is 192 g/mol. The highest BCUT2D eigenvalue weighted by Gasteiger charge is 2.19. The molecule has 4 nitrogen and oxygen atoms in total. The van der Waals surface area contributed by atoms with Crippen molar-refractivity contribution in [3.05, 3.63) is 39.9 Å². The lowest BCUT2D eigenvalue weighted by atomic mass is 10.1. The van der Waals surface area contributed by atoms with Gasteiger partial charge in [-0.3, -0.25) is 15.0 Å². The summed E-state index contributed by atoms with van der Waals surface area (Å²) in [4.78, 5) is 12.6. The van der Waals surface area contributed by atoms with E-state index in [9.17, 15) is 10.1 Å². The molecule has 0 heterocycles. The predicted octanol–water partition coefficient (Wildman–Crippen LogP) is 2.61. The van der Waals surface area contributed by atoms with Gasteiger partial charge in [-0.15, -0.1) is 0 Å². The molecule has 0 aliphatic heterocycles. The van der Waals surface area contributed by atoms with Crippen molar-refractivity contribution in [3.8, 4) is 0 Å². The monoisotopic (exact) mass is 208 g/mol. The quantitative estimate of drug-likeness (QED) is 0.564.